The molecule has 2 heterocycles. The second kappa shape index (κ2) is 7.31. The Morgan fingerprint density at radius 1 is 1.48 bits per heavy atom. The van der Waals surface area contributed by atoms with Crippen LogP contribution in [0.15, 0.2) is 0 Å². The zero-order chi connectivity index (χ0) is 17.1. The molecule has 1 saturated heterocycles. The van der Waals surface area contributed by atoms with Crippen LogP contribution in [0, 0.1) is 6.92 Å². The summed E-state index contributed by atoms with van der Waals surface area (Å²) in [4.78, 5) is 41.4. The highest BCUT2D eigenvalue weighted by molar-refractivity contribution is 7.99. The van der Waals surface area contributed by atoms with Crippen molar-refractivity contribution in [3.05, 3.63) is 15.6 Å². The van der Waals surface area contributed by atoms with E-state index >= 15 is 0 Å². The molecule has 126 valence electrons. The maximum atomic E-state index is 12.4. The van der Waals surface area contributed by atoms with E-state index in [1.807, 2.05) is 0 Å². The molecular formula is C14H19N3O4S2. The Labute approximate surface area is 142 Å². The second-order valence-corrected chi connectivity index (χ2v) is 7.27. The number of carbonyl (C=O) groups is 3. The van der Waals surface area contributed by atoms with Gasteiger partial charge in [-0.15, -0.1) is 23.1 Å². The lowest BCUT2D eigenvalue weighted by molar-refractivity contribution is -0.138. The third kappa shape index (κ3) is 3.84. The van der Waals surface area contributed by atoms with Gasteiger partial charge in [0.1, 0.15) is 15.9 Å². The number of carbonyl (C=O) groups excluding carboxylic acids is 2. The van der Waals surface area contributed by atoms with E-state index in [-0.39, 0.29) is 16.7 Å². The van der Waals surface area contributed by atoms with E-state index in [9.17, 15) is 14.4 Å². The highest BCUT2D eigenvalue weighted by Gasteiger charge is 2.34. The van der Waals surface area contributed by atoms with Crippen LogP contribution in [0.25, 0.3) is 0 Å². The SMILES string of the molecule is CCC(=O)N1CSCC1C(=O)NC(C)c1nc(C)c(C(=O)O)s1. The van der Waals surface area contributed by atoms with Gasteiger partial charge < -0.3 is 15.3 Å². The van der Waals surface area contributed by atoms with Crippen molar-refractivity contribution in [2.75, 3.05) is 11.6 Å². The summed E-state index contributed by atoms with van der Waals surface area (Å²) < 4.78 is 0. The lowest BCUT2D eigenvalue weighted by Crippen LogP contribution is -2.47. The number of aryl methyl sites for hydroxylation is 1. The fraction of sp³-hybridized carbons (Fsp3) is 0.571. The molecule has 2 amide bonds. The highest BCUT2D eigenvalue weighted by atomic mass is 32.2. The lowest BCUT2D eigenvalue weighted by atomic mass is 10.2. The van der Waals surface area contributed by atoms with Crippen molar-refractivity contribution in [3.63, 3.8) is 0 Å². The standard InChI is InChI=1S/C14H19N3O4S2/c1-4-10(18)17-6-22-5-9(17)12(19)15-8(3)13-16-7(2)11(23-13)14(20)21/h8-9H,4-6H2,1-3H3,(H,15,19)(H,20,21). The average Bonchev–Trinajstić information content (AvgIpc) is 3.12. The molecule has 2 atom stereocenters. The van der Waals surface area contributed by atoms with Crippen LogP contribution in [-0.2, 0) is 9.59 Å². The molecule has 1 aliphatic heterocycles. The van der Waals surface area contributed by atoms with Crippen LogP contribution in [0.2, 0.25) is 0 Å². The molecule has 7 nitrogen and oxygen atoms in total. The van der Waals surface area contributed by atoms with Gasteiger partial charge in [0.2, 0.25) is 11.8 Å². The Balaban J connectivity index is 2.06. The van der Waals surface area contributed by atoms with Gasteiger partial charge in [0.25, 0.3) is 0 Å². The number of thioether (sulfide) groups is 1. The molecule has 1 aromatic heterocycles. The zero-order valence-corrected chi connectivity index (χ0v) is 14.8. The van der Waals surface area contributed by atoms with Crippen LogP contribution in [0.4, 0.5) is 0 Å². The minimum absolute atomic E-state index is 0.0407. The van der Waals surface area contributed by atoms with Crippen molar-refractivity contribution >= 4 is 40.9 Å². The summed E-state index contributed by atoms with van der Waals surface area (Å²) in [6.45, 7) is 5.16. The molecule has 1 aliphatic rings. The molecule has 23 heavy (non-hydrogen) atoms. The summed E-state index contributed by atoms with van der Waals surface area (Å²) in [6.07, 6.45) is 0.369. The Morgan fingerprint density at radius 2 is 2.17 bits per heavy atom. The fourth-order valence-electron chi connectivity index (χ4n) is 2.28. The third-order valence-corrected chi connectivity index (χ3v) is 5.88. The molecule has 2 rings (SSSR count). The molecule has 0 bridgehead atoms. The van der Waals surface area contributed by atoms with Crippen molar-refractivity contribution in [3.8, 4) is 0 Å². The van der Waals surface area contributed by atoms with Gasteiger partial charge in [-0.25, -0.2) is 9.78 Å². The summed E-state index contributed by atoms with van der Waals surface area (Å²) in [5.74, 6) is -0.188. The van der Waals surface area contributed by atoms with Crippen LogP contribution in [0.3, 0.4) is 0 Å². The molecule has 2 unspecified atom stereocenters. The van der Waals surface area contributed by atoms with Crippen molar-refractivity contribution in [1.29, 1.82) is 0 Å². The maximum Gasteiger partial charge on any atom is 0.347 e. The van der Waals surface area contributed by atoms with E-state index in [0.29, 0.717) is 28.8 Å². The lowest BCUT2D eigenvalue weighted by Gasteiger charge is -2.23. The first-order chi connectivity index (χ1) is 10.8. The van der Waals surface area contributed by atoms with Crippen LogP contribution in [-0.4, -0.2) is 50.4 Å². The minimum Gasteiger partial charge on any atom is -0.477 e. The fourth-order valence-corrected chi connectivity index (χ4v) is 4.37. The molecule has 2 N–H and O–H groups in total. The average molecular weight is 357 g/mol. The highest BCUT2D eigenvalue weighted by Crippen LogP contribution is 2.25. The second-order valence-electron chi connectivity index (χ2n) is 5.23. The molecular weight excluding hydrogens is 338 g/mol. The number of nitrogens with zero attached hydrogens (tertiary/aromatic N) is 2. The Kier molecular flexibility index (Phi) is 5.64. The number of amides is 2. The summed E-state index contributed by atoms with van der Waals surface area (Å²) >= 11 is 2.61. The van der Waals surface area contributed by atoms with Crippen molar-refractivity contribution < 1.29 is 19.5 Å². The summed E-state index contributed by atoms with van der Waals surface area (Å²) in [5.41, 5.74) is 0.442. The number of hydrogen-bond donors (Lipinski definition) is 2. The van der Waals surface area contributed by atoms with E-state index in [0.717, 1.165) is 11.3 Å². The molecule has 0 aliphatic carbocycles. The molecule has 0 aromatic carbocycles. The molecule has 1 aromatic rings. The van der Waals surface area contributed by atoms with E-state index in [1.54, 1.807) is 37.4 Å². The summed E-state index contributed by atoms with van der Waals surface area (Å²) in [6, 6.07) is -0.876. The number of carboxylic acids is 1. The van der Waals surface area contributed by atoms with Gasteiger partial charge in [-0.3, -0.25) is 9.59 Å². The van der Waals surface area contributed by atoms with Gasteiger partial charge in [-0.1, -0.05) is 6.92 Å². The molecule has 1 fully saturated rings. The first kappa shape index (κ1) is 17.7. The normalized spacial score (nSPS) is 18.7. The molecule has 9 heteroatoms. The predicted molar refractivity (Wildman–Crippen MR) is 88.6 cm³/mol. The van der Waals surface area contributed by atoms with Gasteiger partial charge in [0, 0.05) is 12.2 Å². The number of rotatable bonds is 5. The van der Waals surface area contributed by atoms with Gasteiger partial charge in [0.05, 0.1) is 17.6 Å². The number of nitrogens with one attached hydrogen (secondary N) is 1. The quantitative estimate of drug-likeness (QED) is 0.831. The third-order valence-electron chi connectivity index (χ3n) is 3.54. The maximum absolute atomic E-state index is 12.4. The van der Waals surface area contributed by atoms with Crippen LogP contribution >= 0.6 is 23.1 Å². The Bertz CT molecular complexity index is 632. The molecule has 0 radical (unpaired) electrons. The first-order valence-corrected chi connectivity index (χ1v) is 9.20. The van der Waals surface area contributed by atoms with Crippen LogP contribution in [0.5, 0.6) is 0 Å². The molecule has 0 spiro atoms. The number of aromatic nitrogens is 1. The number of carboxylic acid groups (broad SMARTS) is 1. The van der Waals surface area contributed by atoms with Crippen LogP contribution in [0.1, 0.15) is 46.7 Å². The summed E-state index contributed by atoms with van der Waals surface area (Å²) in [7, 11) is 0. The topological polar surface area (TPSA) is 99.6 Å². The Hall–Kier alpha value is -1.61. The van der Waals surface area contributed by atoms with E-state index in [4.69, 9.17) is 5.11 Å². The van der Waals surface area contributed by atoms with Gasteiger partial charge >= 0.3 is 5.97 Å². The predicted octanol–water partition coefficient (Wildman–Crippen LogP) is 1.64. The van der Waals surface area contributed by atoms with Gasteiger partial charge in [0.15, 0.2) is 0 Å². The number of aromatic carboxylic acids is 1. The van der Waals surface area contributed by atoms with E-state index in [1.165, 1.54) is 0 Å². The van der Waals surface area contributed by atoms with Gasteiger partial charge in [-0.2, -0.15) is 0 Å². The summed E-state index contributed by atoms with van der Waals surface area (Å²) in [5, 5.41) is 12.5. The number of hydrogen-bond acceptors (Lipinski definition) is 6. The van der Waals surface area contributed by atoms with Crippen LogP contribution < -0.4 is 5.32 Å². The minimum atomic E-state index is -1.02. The molecule has 0 saturated carbocycles. The van der Waals surface area contributed by atoms with Crippen molar-refractivity contribution in [2.24, 2.45) is 0 Å². The van der Waals surface area contributed by atoms with Crippen molar-refractivity contribution in [1.82, 2.24) is 15.2 Å². The monoisotopic (exact) mass is 357 g/mol. The Morgan fingerprint density at radius 3 is 2.74 bits per heavy atom. The van der Waals surface area contributed by atoms with Crippen molar-refractivity contribution in [2.45, 2.75) is 39.3 Å². The van der Waals surface area contributed by atoms with E-state index < -0.39 is 18.1 Å². The zero-order valence-electron chi connectivity index (χ0n) is 13.2. The van der Waals surface area contributed by atoms with Gasteiger partial charge in [-0.05, 0) is 13.8 Å². The largest absolute Gasteiger partial charge is 0.477 e. The first-order valence-electron chi connectivity index (χ1n) is 7.23. The van der Waals surface area contributed by atoms with E-state index in [2.05, 4.69) is 10.3 Å². The number of thiazole rings is 1. The smallest absolute Gasteiger partial charge is 0.347 e.